The Kier molecular flexibility index (Phi) is 4.04. The van der Waals surface area contributed by atoms with Gasteiger partial charge in [0.15, 0.2) is 0 Å². The van der Waals surface area contributed by atoms with Crippen LogP contribution in [-0.4, -0.2) is 23.5 Å². The average Bonchev–Trinajstić information content (AvgIpc) is 2.52. The first-order chi connectivity index (χ1) is 7.91. The van der Waals surface area contributed by atoms with Crippen LogP contribution in [0.4, 0.5) is 0 Å². The van der Waals surface area contributed by atoms with Crippen LogP contribution in [-0.2, 0) is 23.9 Å². The highest BCUT2D eigenvalue weighted by Gasteiger charge is 2.52. The highest BCUT2D eigenvalue weighted by Crippen LogP contribution is 2.29. The van der Waals surface area contributed by atoms with E-state index in [0.29, 0.717) is 6.42 Å². The molecule has 1 aliphatic heterocycles. The van der Waals surface area contributed by atoms with Gasteiger partial charge in [-0.15, -0.1) is 0 Å². The summed E-state index contributed by atoms with van der Waals surface area (Å²) in [5, 5.41) is 0. The molecule has 1 fully saturated rings. The Morgan fingerprint density at radius 1 is 1.24 bits per heavy atom. The molecule has 94 valence electrons. The largest absolute Gasteiger partial charge is 0.421 e. The van der Waals surface area contributed by atoms with Gasteiger partial charge in [0.25, 0.3) is 0 Å². The molecule has 0 aromatic heterocycles. The Morgan fingerprint density at radius 3 is 2.18 bits per heavy atom. The monoisotopic (exact) mass is 240 g/mol. The number of esters is 2. The van der Waals surface area contributed by atoms with Crippen LogP contribution in [0.3, 0.4) is 0 Å². The predicted molar refractivity (Wildman–Crippen MR) is 58.9 cm³/mol. The van der Waals surface area contributed by atoms with Crippen molar-refractivity contribution in [1.29, 1.82) is 0 Å². The van der Waals surface area contributed by atoms with Crippen molar-refractivity contribution >= 4 is 17.7 Å². The van der Waals surface area contributed by atoms with Crippen molar-refractivity contribution < 1.29 is 23.9 Å². The van der Waals surface area contributed by atoms with Gasteiger partial charge < -0.3 is 9.47 Å². The number of ketones is 1. The summed E-state index contributed by atoms with van der Waals surface area (Å²) >= 11 is 0. The second kappa shape index (κ2) is 5.12. The minimum Gasteiger partial charge on any atom is -0.406 e. The first-order valence-corrected chi connectivity index (χ1v) is 5.57. The Morgan fingerprint density at radius 2 is 1.76 bits per heavy atom. The number of cyclic esters (lactones) is 2. The maximum Gasteiger partial charge on any atom is 0.421 e. The van der Waals surface area contributed by atoms with E-state index in [9.17, 15) is 14.4 Å². The topological polar surface area (TPSA) is 69.7 Å². The SMILES string of the molecule is CCCCC1(C(=O)C=C(C)C)OC(=O)C(=O)O1. The van der Waals surface area contributed by atoms with Gasteiger partial charge in [-0.2, -0.15) is 0 Å². The van der Waals surface area contributed by atoms with Crippen LogP contribution in [0.15, 0.2) is 11.6 Å². The highest BCUT2D eigenvalue weighted by molar-refractivity contribution is 6.32. The van der Waals surface area contributed by atoms with E-state index in [1.165, 1.54) is 6.08 Å². The molecular weight excluding hydrogens is 224 g/mol. The van der Waals surface area contributed by atoms with E-state index in [0.717, 1.165) is 12.0 Å². The fourth-order valence-electron chi connectivity index (χ4n) is 1.51. The lowest BCUT2D eigenvalue weighted by molar-refractivity contribution is -0.186. The standard InChI is InChI=1S/C12H16O5/c1-4-5-6-12(9(13)7-8(2)3)16-10(14)11(15)17-12/h7H,4-6H2,1-3H3. The Labute approximate surface area is 99.8 Å². The zero-order valence-electron chi connectivity index (χ0n) is 10.2. The van der Waals surface area contributed by atoms with E-state index < -0.39 is 23.5 Å². The van der Waals surface area contributed by atoms with E-state index in [1.54, 1.807) is 13.8 Å². The van der Waals surface area contributed by atoms with Crippen molar-refractivity contribution in [2.75, 3.05) is 0 Å². The number of carbonyl (C=O) groups excluding carboxylic acids is 3. The summed E-state index contributed by atoms with van der Waals surface area (Å²) in [5.74, 6) is -4.43. The molecule has 5 nitrogen and oxygen atoms in total. The first kappa shape index (κ1) is 13.4. The summed E-state index contributed by atoms with van der Waals surface area (Å²) in [6.45, 7) is 5.41. The van der Waals surface area contributed by atoms with Crippen LogP contribution in [0, 0.1) is 0 Å². The number of hydrogen-bond acceptors (Lipinski definition) is 5. The summed E-state index contributed by atoms with van der Waals surface area (Å²) in [7, 11) is 0. The Balaban J connectivity index is 2.95. The first-order valence-electron chi connectivity index (χ1n) is 5.57. The van der Waals surface area contributed by atoms with Gasteiger partial charge in [-0.05, 0) is 26.3 Å². The smallest absolute Gasteiger partial charge is 0.406 e. The fraction of sp³-hybridized carbons (Fsp3) is 0.583. The molecule has 1 aliphatic rings. The molecule has 0 saturated carbocycles. The molecule has 17 heavy (non-hydrogen) atoms. The maximum absolute atomic E-state index is 11.9. The molecule has 1 saturated heterocycles. The number of carbonyl (C=O) groups is 3. The van der Waals surface area contributed by atoms with Crippen LogP contribution >= 0.6 is 0 Å². The molecule has 5 heteroatoms. The van der Waals surface area contributed by atoms with E-state index in [-0.39, 0.29) is 6.42 Å². The molecule has 0 unspecified atom stereocenters. The van der Waals surface area contributed by atoms with Gasteiger partial charge in [-0.3, -0.25) is 4.79 Å². The summed E-state index contributed by atoms with van der Waals surface area (Å²) in [6.07, 6.45) is 2.95. The number of unbranched alkanes of at least 4 members (excludes halogenated alkanes) is 1. The molecule has 0 radical (unpaired) electrons. The lowest BCUT2D eigenvalue weighted by Crippen LogP contribution is -2.39. The average molecular weight is 240 g/mol. The lowest BCUT2D eigenvalue weighted by Gasteiger charge is -2.22. The minimum absolute atomic E-state index is 0.198. The molecular formula is C12H16O5. The summed E-state index contributed by atoms with van der Waals surface area (Å²) in [4.78, 5) is 34.1. The molecule has 0 aromatic carbocycles. The molecule has 0 spiro atoms. The van der Waals surface area contributed by atoms with Gasteiger partial charge in [0.2, 0.25) is 5.78 Å². The van der Waals surface area contributed by atoms with E-state index in [1.807, 2.05) is 6.92 Å². The van der Waals surface area contributed by atoms with Crippen LogP contribution in [0.1, 0.15) is 40.0 Å². The molecule has 0 N–H and O–H groups in total. The molecule has 0 aliphatic carbocycles. The van der Waals surface area contributed by atoms with Gasteiger partial charge in [0.1, 0.15) is 0 Å². The Hall–Kier alpha value is -1.65. The molecule has 0 aromatic rings. The fourth-order valence-corrected chi connectivity index (χ4v) is 1.51. The predicted octanol–water partition coefficient (Wildman–Crippen LogP) is 1.51. The van der Waals surface area contributed by atoms with Gasteiger partial charge >= 0.3 is 17.7 Å². The molecule has 1 rings (SSSR count). The van der Waals surface area contributed by atoms with Crippen LogP contribution in [0.5, 0.6) is 0 Å². The van der Waals surface area contributed by atoms with Crippen molar-refractivity contribution in [3.63, 3.8) is 0 Å². The zero-order valence-corrected chi connectivity index (χ0v) is 10.2. The number of ether oxygens (including phenoxy) is 2. The zero-order chi connectivity index (χ0) is 13.1. The van der Waals surface area contributed by atoms with Crippen molar-refractivity contribution in [2.45, 2.75) is 45.8 Å². The minimum atomic E-state index is -1.73. The normalized spacial score (nSPS) is 17.4. The summed E-state index contributed by atoms with van der Waals surface area (Å²) < 4.78 is 9.64. The number of rotatable bonds is 5. The van der Waals surface area contributed by atoms with Gasteiger partial charge in [-0.25, -0.2) is 9.59 Å². The van der Waals surface area contributed by atoms with Crippen LogP contribution in [0.25, 0.3) is 0 Å². The Bertz CT molecular complexity index is 360. The molecule has 0 bridgehead atoms. The van der Waals surface area contributed by atoms with Gasteiger partial charge in [0.05, 0.1) is 0 Å². The molecule has 0 atom stereocenters. The summed E-state index contributed by atoms with van der Waals surface area (Å²) in [5.41, 5.74) is 0.755. The van der Waals surface area contributed by atoms with Crippen molar-refractivity contribution in [3.8, 4) is 0 Å². The van der Waals surface area contributed by atoms with Gasteiger partial charge in [-0.1, -0.05) is 18.9 Å². The number of hydrogen-bond donors (Lipinski definition) is 0. The van der Waals surface area contributed by atoms with Crippen molar-refractivity contribution in [1.82, 2.24) is 0 Å². The highest BCUT2D eigenvalue weighted by atomic mass is 16.8. The van der Waals surface area contributed by atoms with Crippen molar-refractivity contribution in [3.05, 3.63) is 11.6 Å². The van der Waals surface area contributed by atoms with Gasteiger partial charge in [0, 0.05) is 6.42 Å². The van der Waals surface area contributed by atoms with Crippen LogP contribution in [0.2, 0.25) is 0 Å². The van der Waals surface area contributed by atoms with Crippen LogP contribution < -0.4 is 0 Å². The molecule has 0 amide bonds. The van der Waals surface area contributed by atoms with E-state index >= 15 is 0 Å². The quantitative estimate of drug-likeness (QED) is 0.414. The number of allylic oxidation sites excluding steroid dienone is 1. The second-order valence-corrected chi connectivity index (χ2v) is 4.22. The summed E-state index contributed by atoms with van der Waals surface area (Å²) in [6, 6.07) is 0. The molecule has 1 heterocycles. The third kappa shape index (κ3) is 2.93. The third-order valence-electron chi connectivity index (χ3n) is 2.34. The van der Waals surface area contributed by atoms with E-state index in [4.69, 9.17) is 9.47 Å². The van der Waals surface area contributed by atoms with E-state index in [2.05, 4.69) is 0 Å². The second-order valence-electron chi connectivity index (χ2n) is 4.22. The maximum atomic E-state index is 11.9. The third-order valence-corrected chi connectivity index (χ3v) is 2.34. The van der Waals surface area contributed by atoms with Crippen molar-refractivity contribution in [2.24, 2.45) is 0 Å². The lowest BCUT2D eigenvalue weighted by atomic mass is 10.0.